The number of aromatic amines is 3. The van der Waals surface area contributed by atoms with Crippen LogP contribution in [0.25, 0.3) is 11.6 Å². The molecular weight excluding hydrogens is 202 g/mol. The summed E-state index contributed by atoms with van der Waals surface area (Å²) in [5.74, 6) is 0. The van der Waals surface area contributed by atoms with Crippen LogP contribution in [0.4, 0.5) is 0 Å². The average Bonchev–Trinajstić information content (AvgIpc) is 2.93. The molecule has 2 heterocycles. The third-order valence-electron chi connectivity index (χ3n) is 2.82. The second-order valence-corrected chi connectivity index (χ2v) is 4.25. The highest BCUT2D eigenvalue weighted by Gasteiger charge is 2.14. The second-order valence-electron chi connectivity index (χ2n) is 4.25. The normalized spacial score (nSPS) is 15.8. The van der Waals surface area contributed by atoms with Crippen molar-refractivity contribution in [3.05, 3.63) is 44.4 Å². The molecule has 0 spiro atoms. The standard InChI is InChI=1S/C12H13N3O/c1-7-4-9(13-6-7)5-10-11(8-2-3-8)14-15-12(10)16/h4-6,13-14H,2-3H2,1H3,(H,15,16). The van der Waals surface area contributed by atoms with Crippen LogP contribution in [0.2, 0.25) is 0 Å². The van der Waals surface area contributed by atoms with Gasteiger partial charge >= 0.3 is 0 Å². The lowest BCUT2D eigenvalue weighted by atomic mass is 10.3. The predicted molar refractivity (Wildman–Crippen MR) is 62.4 cm³/mol. The highest BCUT2D eigenvalue weighted by atomic mass is 16.1. The highest BCUT2D eigenvalue weighted by molar-refractivity contribution is 5.58. The molecule has 4 heteroatoms. The topological polar surface area (TPSA) is 64.4 Å². The van der Waals surface area contributed by atoms with Gasteiger partial charge < -0.3 is 4.98 Å². The van der Waals surface area contributed by atoms with E-state index in [-0.39, 0.29) is 5.56 Å². The van der Waals surface area contributed by atoms with Crippen molar-refractivity contribution in [2.45, 2.75) is 19.8 Å². The molecule has 0 aromatic carbocycles. The molecule has 0 saturated heterocycles. The molecule has 3 rings (SSSR count). The quantitative estimate of drug-likeness (QED) is 0.621. The zero-order valence-electron chi connectivity index (χ0n) is 9.05. The number of rotatable bonds is 1. The van der Waals surface area contributed by atoms with E-state index in [2.05, 4.69) is 15.2 Å². The van der Waals surface area contributed by atoms with Gasteiger partial charge in [0.2, 0.25) is 0 Å². The van der Waals surface area contributed by atoms with Crippen LogP contribution in [-0.2, 0) is 0 Å². The molecule has 2 aromatic heterocycles. The van der Waals surface area contributed by atoms with Crippen LogP contribution in [0, 0.1) is 6.92 Å². The van der Waals surface area contributed by atoms with Gasteiger partial charge in [0.25, 0.3) is 5.56 Å². The largest absolute Gasteiger partial charge is 0.361 e. The summed E-state index contributed by atoms with van der Waals surface area (Å²) in [6.07, 6.45) is 6.01. The van der Waals surface area contributed by atoms with Crippen LogP contribution in [0.5, 0.6) is 0 Å². The Bertz CT molecular complexity index is 693. The molecule has 82 valence electrons. The Hall–Kier alpha value is -1.97. The Morgan fingerprint density at radius 3 is 2.75 bits per heavy atom. The van der Waals surface area contributed by atoms with E-state index in [0.717, 1.165) is 29.1 Å². The molecule has 0 amide bonds. The summed E-state index contributed by atoms with van der Waals surface area (Å²) < 4.78 is 0. The van der Waals surface area contributed by atoms with Gasteiger partial charge in [-0.3, -0.25) is 15.0 Å². The molecule has 1 aliphatic rings. The Kier molecular flexibility index (Phi) is 1.89. The van der Waals surface area contributed by atoms with E-state index < -0.39 is 0 Å². The van der Waals surface area contributed by atoms with E-state index >= 15 is 0 Å². The van der Waals surface area contributed by atoms with Gasteiger partial charge in [-0.1, -0.05) is 0 Å². The molecular formula is C12H13N3O. The van der Waals surface area contributed by atoms with Gasteiger partial charge in [0.15, 0.2) is 0 Å². The van der Waals surface area contributed by atoms with Crippen molar-refractivity contribution in [1.29, 1.82) is 0 Å². The van der Waals surface area contributed by atoms with Crippen LogP contribution < -0.4 is 16.1 Å². The van der Waals surface area contributed by atoms with Crippen LogP contribution in [-0.4, -0.2) is 15.2 Å². The minimum absolute atomic E-state index is 0.0540. The molecule has 1 saturated carbocycles. The number of aryl methyl sites for hydroxylation is 1. The van der Waals surface area contributed by atoms with Crippen molar-refractivity contribution < 1.29 is 0 Å². The molecule has 3 N–H and O–H groups in total. The molecule has 1 fully saturated rings. The Morgan fingerprint density at radius 2 is 2.12 bits per heavy atom. The Balaban J connectivity index is 2.27. The van der Waals surface area contributed by atoms with Crippen molar-refractivity contribution in [2.24, 2.45) is 0 Å². The van der Waals surface area contributed by atoms with Crippen molar-refractivity contribution in [1.82, 2.24) is 15.2 Å². The van der Waals surface area contributed by atoms with Crippen molar-refractivity contribution in [3.63, 3.8) is 0 Å². The number of H-pyrrole nitrogens is 3. The first-order valence-corrected chi connectivity index (χ1v) is 5.39. The van der Waals surface area contributed by atoms with Crippen molar-refractivity contribution in [2.75, 3.05) is 0 Å². The molecule has 1 aliphatic carbocycles. The highest BCUT2D eigenvalue weighted by Crippen LogP contribution is 2.26. The van der Waals surface area contributed by atoms with Gasteiger partial charge in [-0.2, -0.15) is 0 Å². The summed E-state index contributed by atoms with van der Waals surface area (Å²) in [5, 5.41) is 7.28. The summed E-state index contributed by atoms with van der Waals surface area (Å²) in [5.41, 5.74) is 3.40. The van der Waals surface area contributed by atoms with Gasteiger partial charge in [0.1, 0.15) is 0 Å². The molecule has 0 bridgehead atoms. The first kappa shape index (κ1) is 9.27. The maximum absolute atomic E-state index is 11.6. The maximum Gasteiger partial charge on any atom is 0.271 e. The molecule has 0 atom stereocenters. The number of nitrogens with one attached hydrogen (secondary N) is 3. The first-order chi connectivity index (χ1) is 7.74. The third-order valence-corrected chi connectivity index (χ3v) is 2.82. The summed E-state index contributed by atoms with van der Waals surface area (Å²) >= 11 is 0. The summed E-state index contributed by atoms with van der Waals surface area (Å²) in [6, 6.07) is 2.02. The molecule has 0 radical (unpaired) electrons. The third kappa shape index (κ3) is 1.52. The van der Waals surface area contributed by atoms with E-state index in [1.54, 1.807) is 0 Å². The zero-order chi connectivity index (χ0) is 11.1. The summed E-state index contributed by atoms with van der Waals surface area (Å²) in [6.45, 7) is 2.02. The number of hydrogen-bond acceptors (Lipinski definition) is 1. The SMILES string of the molecule is Cc1c[nH]c(C=c2c(=O)[nH][nH]c2=C2CC2)c1. The smallest absolute Gasteiger partial charge is 0.271 e. The average molecular weight is 215 g/mol. The lowest BCUT2D eigenvalue weighted by Gasteiger charge is -1.82. The molecule has 4 nitrogen and oxygen atoms in total. The van der Waals surface area contributed by atoms with Crippen LogP contribution in [0.1, 0.15) is 24.1 Å². The Labute approximate surface area is 91.7 Å². The second kappa shape index (κ2) is 3.27. The van der Waals surface area contributed by atoms with Gasteiger partial charge in [-0.15, -0.1) is 0 Å². The van der Waals surface area contributed by atoms with E-state index in [4.69, 9.17) is 0 Å². The fraction of sp³-hybridized carbons (Fsp3) is 0.250. The Morgan fingerprint density at radius 1 is 1.31 bits per heavy atom. The summed E-state index contributed by atoms with van der Waals surface area (Å²) in [4.78, 5) is 14.8. The van der Waals surface area contributed by atoms with Gasteiger partial charge in [-0.05, 0) is 43.0 Å². The fourth-order valence-corrected chi connectivity index (χ4v) is 1.86. The fourth-order valence-electron chi connectivity index (χ4n) is 1.86. The van der Waals surface area contributed by atoms with Gasteiger partial charge in [0.05, 0.1) is 10.6 Å². The minimum Gasteiger partial charge on any atom is -0.361 e. The molecule has 0 aliphatic heterocycles. The monoisotopic (exact) mass is 215 g/mol. The van der Waals surface area contributed by atoms with Crippen LogP contribution >= 0.6 is 0 Å². The van der Waals surface area contributed by atoms with E-state index in [0.29, 0.717) is 0 Å². The lowest BCUT2D eigenvalue weighted by molar-refractivity contribution is 1.03. The zero-order valence-corrected chi connectivity index (χ0v) is 9.05. The molecule has 16 heavy (non-hydrogen) atoms. The van der Waals surface area contributed by atoms with Crippen molar-refractivity contribution >= 4 is 11.6 Å². The predicted octanol–water partition coefficient (Wildman–Crippen LogP) is 0.113. The number of aromatic nitrogens is 3. The van der Waals surface area contributed by atoms with Gasteiger partial charge in [-0.25, -0.2) is 0 Å². The molecule has 2 aromatic rings. The van der Waals surface area contributed by atoms with Gasteiger partial charge in [0, 0.05) is 11.9 Å². The van der Waals surface area contributed by atoms with E-state index in [9.17, 15) is 4.79 Å². The number of hydrogen-bond donors (Lipinski definition) is 3. The van der Waals surface area contributed by atoms with E-state index in [1.807, 2.05) is 25.3 Å². The van der Waals surface area contributed by atoms with Crippen LogP contribution in [0.15, 0.2) is 17.1 Å². The molecule has 0 unspecified atom stereocenters. The minimum atomic E-state index is -0.0540. The van der Waals surface area contributed by atoms with Crippen LogP contribution in [0.3, 0.4) is 0 Å². The van der Waals surface area contributed by atoms with E-state index in [1.165, 1.54) is 11.1 Å². The lowest BCUT2D eigenvalue weighted by Crippen LogP contribution is -2.33. The maximum atomic E-state index is 11.6. The van der Waals surface area contributed by atoms with Crippen molar-refractivity contribution in [3.8, 4) is 0 Å². The summed E-state index contributed by atoms with van der Waals surface area (Å²) in [7, 11) is 0. The first-order valence-electron chi connectivity index (χ1n) is 5.39.